The van der Waals surface area contributed by atoms with E-state index in [1.807, 2.05) is 6.07 Å². The maximum atomic E-state index is 12.7. The zero-order chi connectivity index (χ0) is 22.1. The summed E-state index contributed by atoms with van der Waals surface area (Å²) in [5, 5.41) is 9.29. The first kappa shape index (κ1) is 22.8. The third kappa shape index (κ3) is 7.09. The molecular formula is C21H28F3N7. The van der Waals surface area contributed by atoms with Crippen LogP contribution in [0.5, 0.6) is 0 Å². The van der Waals surface area contributed by atoms with Crippen LogP contribution in [0.15, 0.2) is 47.6 Å². The second kappa shape index (κ2) is 10.9. The molecule has 2 heterocycles. The Morgan fingerprint density at radius 3 is 2.71 bits per heavy atom. The Morgan fingerprint density at radius 1 is 1.16 bits per heavy atom. The van der Waals surface area contributed by atoms with Crippen molar-refractivity contribution in [2.45, 2.75) is 31.6 Å². The van der Waals surface area contributed by atoms with Crippen molar-refractivity contribution in [2.75, 3.05) is 38.5 Å². The molecule has 0 saturated carbocycles. The van der Waals surface area contributed by atoms with Gasteiger partial charge in [-0.3, -0.25) is 9.89 Å². The first-order chi connectivity index (χ1) is 15.0. The number of hydrogen-bond donors (Lipinski definition) is 3. The SMILES string of the molecule is CN=C(NCCNc1nccc(C(F)(F)F)n1)NCC1CCCN1Cc1ccccc1. The van der Waals surface area contributed by atoms with Crippen LogP contribution >= 0.6 is 0 Å². The number of rotatable bonds is 8. The Labute approximate surface area is 180 Å². The summed E-state index contributed by atoms with van der Waals surface area (Å²) in [5.41, 5.74) is 0.340. The summed E-state index contributed by atoms with van der Waals surface area (Å²) in [7, 11) is 1.69. The third-order valence-electron chi connectivity index (χ3n) is 5.10. The normalized spacial score (nSPS) is 17.5. The van der Waals surface area contributed by atoms with Crippen LogP contribution < -0.4 is 16.0 Å². The molecule has 1 unspecified atom stereocenters. The maximum Gasteiger partial charge on any atom is 0.433 e. The number of aliphatic imine (C=N–C) groups is 1. The standard InChI is InChI=1S/C21H28F3N7/c1-25-19(27-11-12-28-20-26-10-9-18(30-20)21(22,23)24)29-14-17-8-5-13-31(17)15-16-6-3-2-4-7-16/h2-4,6-7,9-10,17H,5,8,11-15H2,1H3,(H2,25,27,29)(H,26,28,30). The fourth-order valence-electron chi connectivity index (χ4n) is 3.54. The largest absolute Gasteiger partial charge is 0.433 e. The summed E-state index contributed by atoms with van der Waals surface area (Å²) in [4.78, 5) is 14.0. The van der Waals surface area contributed by atoms with E-state index in [9.17, 15) is 13.2 Å². The molecular weight excluding hydrogens is 407 g/mol. The van der Waals surface area contributed by atoms with Crippen molar-refractivity contribution in [3.63, 3.8) is 0 Å². The molecule has 1 aliphatic rings. The van der Waals surface area contributed by atoms with Gasteiger partial charge in [0.1, 0.15) is 5.69 Å². The molecule has 1 saturated heterocycles. The predicted octanol–water partition coefficient (Wildman–Crippen LogP) is 2.74. The van der Waals surface area contributed by atoms with Crippen LogP contribution in [-0.2, 0) is 12.7 Å². The molecule has 10 heteroatoms. The molecule has 0 aliphatic carbocycles. The van der Waals surface area contributed by atoms with Crippen molar-refractivity contribution >= 4 is 11.9 Å². The van der Waals surface area contributed by atoms with Gasteiger partial charge in [0.2, 0.25) is 5.95 Å². The first-order valence-corrected chi connectivity index (χ1v) is 10.3. The van der Waals surface area contributed by atoms with Gasteiger partial charge in [0.15, 0.2) is 5.96 Å². The smallest absolute Gasteiger partial charge is 0.355 e. The minimum Gasteiger partial charge on any atom is -0.355 e. The monoisotopic (exact) mass is 435 g/mol. The fraction of sp³-hybridized carbons (Fsp3) is 0.476. The minimum absolute atomic E-state index is 0.0536. The van der Waals surface area contributed by atoms with E-state index in [1.165, 1.54) is 12.0 Å². The second-order valence-electron chi connectivity index (χ2n) is 7.32. The molecule has 0 bridgehead atoms. The number of guanidine groups is 1. The summed E-state index contributed by atoms with van der Waals surface area (Å²) in [5.74, 6) is 0.598. The van der Waals surface area contributed by atoms with Crippen molar-refractivity contribution in [2.24, 2.45) is 4.99 Å². The van der Waals surface area contributed by atoms with Crippen LogP contribution in [0, 0.1) is 0 Å². The van der Waals surface area contributed by atoms with E-state index in [-0.39, 0.29) is 5.95 Å². The van der Waals surface area contributed by atoms with E-state index >= 15 is 0 Å². The van der Waals surface area contributed by atoms with E-state index in [4.69, 9.17) is 0 Å². The van der Waals surface area contributed by atoms with E-state index < -0.39 is 11.9 Å². The van der Waals surface area contributed by atoms with Crippen molar-refractivity contribution in [3.05, 3.63) is 53.9 Å². The van der Waals surface area contributed by atoms with Gasteiger partial charge >= 0.3 is 6.18 Å². The zero-order valence-electron chi connectivity index (χ0n) is 17.5. The Bertz CT molecular complexity index is 842. The predicted molar refractivity (Wildman–Crippen MR) is 115 cm³/mol. The number of halogens is 3. The van der Waals surface area contributed by atoms with Crippen molar-refractivity contribution < 1.29 is 13.2 Å². The molecule has 1 aromatic heterocycles. The third-order valence-corrected chi connectivity index (χ3v) is 5.10. The lowest BCUT2D eigenvalue weighted by molar-refractivity contribution is -0.141. The summed E-state index contributed by atoms with van der Waals surface area (Å²) < 4.78 is 38.1. The van der Waals surface area contributed by atoms with Crippen LogP contribution in [0.4, 0.5) is 19.1 Å². The Kier molecular flexibility index (Phi) is 8.05. The molecule has 1 fully saturated rings. The van der Waals surface area contributed by atoms with Crippen LogP contribution in [0.3, 0.4) is 0 Å². The van der Waals surface area contributed by atoms with Crippen molar-refractivity contribution in [1.29, 1.82) is 0 Å². The van der Waals surface area contributed by atoms with E-state index in [0.717, 1.165) is 38.3 Å². The van der Waals surface area contributed by atoms with E-state index in [1.54, 1.807) is 7.05 Å². The number of likely N-dealkylation sites (tertiary alicyclic amines) is 1. The molecule has 7 nitrogen and oxygen atoms in total. The zero-order valence-corrected chi connectivity index (χ0v) is 17.5. The fourth-order valence-corrected chi connectivity index (χ4v) is 3.54. The molecule has 3 rings (SSSR count). The first-order valence-electron chi connectivity index (χ1n) is 10.3. The molecule has 1 aromatic carbocycles. The molecule has 1 aliphatic heterocycles. The lowest BCUT2D eigenvalue weighted by Crippen LogP contribution is -2.45. The van der Waals surface area contributed by atoms with Gasteiger partial charge in [-0.05, 0) is 31.0 Å². The van der Waals surface area contributed by atoms with Gasteiger partial charge in [0.05, 0.1) is 0 Å². The van der Waals surface area contributed by atoms with Gasteiger partial charge < -0.3 is 16.0 Å². The average Bonchev–Trinajstić information content (AvgIpc) is 3.20. The highest BCUT2D eigenvalue weighted by Crippen LogP contribution is 2.27. The number of hydrogen-bond acceptors (Lipinski definition) is 5. The topological polar surface area (TPSA) is 77.5 Å². The Hall–Kier alpha value is -2.88. The molecule has 168 valence electrons. The highest BCUT2D eigenvalue weighted by Gasteiger charge is 2.32. The van der Waals surface area contributed by atoms with Crippen molar-refractivity contribution in [3.8, 4) is 0 Å². The summed E-state index contributed by atoms with van der Waals surface area (Å²) in [6.45, 7) is 3.59. The molecule has 3 N–H and O–H groups in total. The summed E-state index contributed by atoms with van der Waals surface area (Å²) >= 11 is 0. The quantitative estimate of drug-likeness (QED) is 0.336. The number of nitrogens with one attached hydrogen (secondary N) is 3. The highest BCUT2D eigenvalue weighted by molar-refractivity contribution is 5.79. The lowest BCUT2D eigenvalue weighted by atomic mass is 10.2. The van der Waals surface area contributed by atoms with Gasteiger partial charge in [-0.15, -0.1) is 0 Å². The number of alkyl halides is 3. The number of aromatic nitrogens is 2. The summed E-state index contributed by atoms with van der Waals surface area (Å²) in [6, 6.07) is 11.7. The molecule has 0 radical (unpaired) electrons. The molecule has 1 atom stereocenters. The minimum atomic E-state index is -4.49. The number of benzene rings is 1. The average molecular weight is 435 g/mol. The number of anilines is 1. The van der Waals surface area contributed by atoms with E-state index in [2.05, 4.69) is 60.1 Å². The van der Waals surface area contributed by atoms with Gasteiger partial charge in [0.25, 0.3) is 0 Å². The van der Waals surface area contributed by atoms with Gasteiger partial charge in [0, 0.05) is 45.5 Å². The Morgan fingerprint density at radius 2 is 1.97 bits per heavy atom. The van der Waals surface area contributed by atoms with Gasteiger partial charge in [-0.25, -0.2) is 9.97 Å². The van der Waals surface area contributed by atoms with Crippen LogP contribution in [0.25, 0.3) is 0 Å². The number of nitrogens with zero attached hydrogens (tertiary/aromatic N) is 4. The van der Waals surface area contributed by atoms with Crippen LogP contribution in [0.2, 0.25) is 0 Å². The van der Waals surface area contributed by atoms with E-state index in [0.29, 0.717) is 25.1 Å². The lowest BCUT2D eigenvalue weighted by Gasteiger charge is -2.25. The summed E-state index contributed by atoms with van der Waals surface area (Å²) in [6.07, 6.45) is -1.09. The second-order valence-corrected chi connectivity index (χ2v) is 7.32. The maximum absolute atomic E-state index is 12.7. The Balaban J connectivity index is 1.40. The van der Waals surface area contributed by atoms with Crippen LogP contribution in [0.1, 0.15) is 24.1 Å². The van der Waals surface area contributed by atoms with Crippen molar-refractivity contribution in [1.82, 2.24) is 25.5 Å². The molecule has 0 spiro atoms. The molecule has 0 amide bonds. The highest BCUT2D eigenvalue weighted by atomic mass is 19.4. The molecule has 2 aromatic rings. The van der Waals surface area contributed by atoms with Gasteiger partial charge in [-0.2, -0.15) is 13.2 Å². The van der Waals surface area contributed by atoms with Crippen LogP contribution in [-0.4, -0.2) is 60.1 Å². The molecule has 31 heavy (non-hydrogen) atoms. The van der Waals surface area contributed by atoms with Gasteiger partial charge in [-0.1, -0.05) is 30.3 Å².